The Morgan fingerprint density at radius 2 is 2.05 bits per heavy atom. The summed E-state index contributed by atoms with van der Waals surface area (Å²) in [6, 6.07) is 9.83. The third kappa shape index (κ3) is 3.55. The minimum absolute atomic E-state index is 0.134. The first-order valence-electron chi connectivity index (χ1n) is 7.68. The fourth-order valence-corrected chi connectivity index (χ4v) is 4.08. The zero-order chi connectivity index (χ0) is 15.5. The summed E-state index contributed by atoms with van der Waals surface area (Å²) in [7, 11) is 0. The number of nitrogens with zero attached hydrogens (tertiary/aromatic N) is 1. The number of nitriles is 1. The molecule has 0 amide bonds. The quantitative estimate of drug-likeness (QED) is 0.731. The molecule has 3 heteroatoms. The molecule has 0 N–H and O–H groups in total. The molecule has 2 nitrogen and oxygen atoms in total. The highest BCUT2D eigenvalue weighted by Crippen LogP contribution is 2.47. The van der Waals surface area contributed by atoms with Crippen molar-refractivity contribution in [1.29, 1.82) is 5.26 Å². The molecule has 1 unspecified atom stereocenters. The summed E-state index contributed by atoms with van der Waals surface area (Å²) < 4.78 is 0.914. The first-order chi connectivity index (χ1) is 9.98. The van der Waals surface area contributed by atoms with Gasteiger partial charge < -0.3 is 0 Å². The second-order valence-electron chi connectivity index (χ2n) is 6.57. The zero-order valence-electron chi connectivity index (χ0n) is 12.7. The van der Waals surface area contributed by atoms with Crippen molar-refractivity contribution in [1.82, 2.24) is 0 Å². The predicted octanol–water partition coefficient (Wildman–Crippen LogP) is 5.23. The topological polar surface area (TPSA) is 40.9 Å². The molecular formula is C18H22BrNO. The Bertz CT molecular complexity index is 553. The van der Waals surface area contributed by atoms with Crippen molar-refractivity contribution in [3.63, 3.8) is 0 Å². The van der Waals surface area contributed by atoms with Gasteiger partial charge in [0.1, 0.15) is 5.92 Å². The number of benzene rings is 1. The first kappa shape index (κ1) is 16.2. The Kier molecular flexibility index (Phi) is 5.22. The standard InChI is InChI=1S/C18H22BrNO/c1-13(2)11-18(8-3-4-9-18)17(21)16(12-20)14-6-5-7-15(19)10-14/h5-7,10,13,16H,3-4,8-9,11H2,1-2H3. The summed E-state index contributed by atoms with van der Waals surface area (Å²) in [4.78, 5) is 13.1. The number of rotatable bonds is 5. The van der Waals surface area contributed by atoms with E-state index in [1.807, 2.05) is 24.3 Å². The van der Waals surface area contributed by atoms with Gasteiger partial charge in [0.05, 0.1) is 6.07 Å². The van der Waals surface area contributed by atoms with Crippen molar-refractivity contribution < 1.29 is 4.79 Å². The monoisotopic (exact) mass is 347 g/mol. The number of ketones is 1. The number of halogens is 1. The van der Waals surface area contributed by atoms with Crippen LogP contribution in [0.25, 0.3) is 0 Å². The fraction of sp³-hybridized carbons (Fsp3) is 0.556. The highest BCUT2D eigenvalue weighted by atomic mass is 79.9. The molecule has 1 aromatic rings. The highest BCUT2D eigenvalue weighted by Gasteiger charge is 2.44. The van der Waals surface area contributed by atoms with Crippen LogP contribution in [0.1, 0.15) is 57.4 Å². The van der Waals surface area contributed by atoms with Gasteiger partial charge in [0.15, 0.2) is 5.78 Å². The lowest BCUT2D eigenvalue weighted by Gasteiger charge is -2.31. The van der Waals surface area contributed by atoms with Crippen LogP contribution in [0.4, 0.5) is 0 Å². The van der Waals surface area contributed by atoms with Gasteiger partial charge in [-0.25, -0.2) is 0 Å². The van der Waals surface area contributed by atoms with E-state index in [0.29, 0.717) is 5.92 Å². The molecule has 0 aliphatic heterocycles. The Balaban J connectivity index is 2.32. The number of carbonyl (C=O) groups is 1. The number of hydrogen-bond acceptors (Lipinski definition) is 2. The van der Waals surface area contributed by atoms with E-state index in [9.17, 15) is 10.1 Å². The third-order valence-corrected chi connectivity index (χ3v) is 4.95. The lowest BCUT2D eigenvalue weighted by molar-refractivity contribution is -0.129. The smallest absolute Gasteiger partial charge is 0.160 e. The summed E-state index contributed by atoms with van der Waals surface area (Å²) in [6.07, 6.45) is 4.99. The van der Waals surface area contributed by atoms with E-state index in [-0.39, 0.29) is 11.2 Å². The normalized spacial score (nSPS) is 18.4. The molecule has 1 aromatic carbocycles. The van der Waals surface area contributed by atoms with Gasteiger partial charge in [-0.15, -0.1) is 0 Å². The van der Waals surface area contributed by atoms with Crippen LogP contribution < -0.4 is 0 Å². The van der Waals surface area contributed by atoms with Crippen LogP contribution >= 0.6 is 15.9 Å². The molecule has 0 heterocycles. The average Bonchev–Trinajstić information content (AvgIpc) is 2.88. The van der Waals surface area contributed by atoms with Crippen molar-refractivity contribution in [3.05, 3.63) is 34.3 Å². The number of carbonyl (C=O) groups excluding carboxylic acids is 1. The van der Waals surface area contributed by atoms with Gasteiger partial charge >= 0.3 is 0 Å². The van der Waals surface area contributed by atoms with Crippen LogP contribution in [0.5, 0.6) is 0 Å². The summed E-state index contributed by atoms with van der Waals surface area (Å²) in [5.74, 6) is -0.0254. The molecule has 1 aliphatic rings. The van der Waals surface area contributed by atoms with E-state index in [2.05, 4.69) is 35.8 Å². The molecule has 112 valence electrons. The summed E-state index contributed by atoms with van der Waals surface area (Å²) in [5, 5.41) is 9.56. The van der Waals surface area contributed by atoms with Gasteiger partial charge in [0.25, 0.3) is 0 Å². The average molecular weight is 348 g/mol. The molecule has 0 radical (unpaired) electrons. The molecule has 1 saturated carbocycles. The summed E-state index contributed by atoms with van der Waals surface area (Å²) in [5.41, 5.74) is 0.531. The van der Waals surface area contributed by atoms with Crippen molar-refractivity contribution in [3.8, 4) is 6.07 Å². The minimum Gasteiger partial charge on any atom is -0.297 e. The van der Waals surface area contributed by atoms with Gasteiger partial charge in [-0.1, -0.05) is 54.8 Å². The van der Waals surface area contributed by atoms with Gasteiger partial charge in [-0.3, -0.25) is 4.79 Å². The van der Waals surface area contributed by atoms with E-state index in [0.717, 1.165) is 42.1 Å². The van der Waals surface area contributed by atoms with E-state index < -0.39 is 5.92 Å². The molecule has 1 atom stereocenters. The fourth-order valence-electron chi connectivity index (χ4n) is 3.66. The van der Waals surface area contributed by atoms with Crippen LogP contribution in [-0.2, 0) is 4.79 Å². The largest absolute Gasteiger partial charge is 0.297 e. The van der Waals surface area contributed by atoms with Gasteiger partial charge in [0.2, 0.25) is 0 Å². The van der Waals surface area contributed by atoms with Crippen LogP contribution in [0.2, 0.25) is 0 Å². The van der Waals surface area contributed by atoms with Crippen LogP contribution in [-0.4, -0.2) is 5.78 Å². The molecular weight excluding hydrogens is 326 g/mol. The Morgan fingerprint density at radius 3 is 2.57 bits per heavy atom. The maximum absolute atomic E-state index is 13.1. The third-order valence-electron chi connectivity index (χ3n) is 4.46. The van der Waals surface area contributed by atoms with Crippen LogP contribution in [0.15, 0.2) is 28.7 Å². The molecule has 0 aromatic heterocycles. The maximum atomic E-state index is 13.1. The second-order valence-corrected chi connectivity index (χ2v) is 7.48. The van der Waals surface area contributed by atoms with Crippen molar-refractivity contribution in [2.75, 3.05) is 0 Å². The predicted molar refractivity (Wildman–Crippen MR) is 87.9 cm³/mol. The van der Waals surface area contributed by atoms with E-state index in [4.69, 9.17) is 0 Å². The van der Waals surface area contributed by atoms with Crippen LogP contribution in [0.3, 0.4) is 0 Å². The molecule has 0 bridgehead atoms. The number of hydrogen-bond donors (Lipinski definition) is 0. The number of Topliss-reactive ketones (excluding diaryl/α,β-unsaturated/α-hetero) is 1. The van der Waals surface area contributed by atoms with Crippen molar-refractivity contribution >= 4 is 21.7 Å². The summed E-state index contributed by atoms with van der Waals surface area (Å²) >= 11 is 3.43. The Morgan fingerprint density at radius 1 is 1.38 bits per heavy atom. The highest BCUT2D eigenvalue weighted by molar-refractivity contribution is 9.10. The lowest BCUT2D eigenvalue weighted by atomic mass is 9.70. The Hall–Kier alpha value is -1.14. The maximum Gasteiger partial charge on any atom is 0.160 e. The second kappa shape index (κ2) is 6.75. The van der Waals surface area contributed by atoms with Gasteiger partial charge in [0, 0.05) is 9.89 Å². The zero-order valence-corrected chi connectivity index (χ0v) is 14.3. The van der Waals surface area contributed by atoms with Crippen molar-refractivity contribution in [2.45, 2.75) is 51.9 Å². The van der Waals surface area contributed by atoms with Crippen LogP contribution in [0, 0.1) is 22.7 Å². The van der Waals surface area contributed by atoms with E-state index in [1.54, 1.807) is 0 Å². The lowest BCUT2D eigenvalue weighted by Crippen LogP contribution is -2.33. The SMILES string of the molecule is CC(C)CC1(C(=O)C(C#N)c2cccc(Br)c2)CCCC1. The Labute approximate surface area is 135 Å². The minimum atomic E-state index is -0.639. The molecule has 21 heavy (non-hydrogen) atoms. The van der Waals surface area contributed by atoms with Gasteiger partial charge in [-0.05, 0) is 42.9 Å². The van der Waals surface area contributed by atoms with E-state index in [1.165, 1.54) is 0 Å². The molecule has 2 rings (SSSR count). The van der Waals surface area contributed by atoms with Gasteiger partial charge in [-0.2, -0.15) is 5.26 Å². The van der Waals surface area contributed by atoms with E-state index >= 15 is 0 Å². The first-order valence-corrected chi connectivity index (χ1v) is 8.47. The molecule has 1 fully saturated rings. The molecule has 0 spiro atoms. The summed E-state index contributed by atoms with van der Waals surface area (Å²) in [6.45, 7) is 4.32. The molecule has 1 aliphatic carbocycles. The van der Waals surface area contributed by atoms with Crippen molar-refractivity contribution in [2.24, 2.45) is 11.3 Å². The molecule has 0 saturated heterocycles.